The van der Waals surface area contributed by atoms with E-state index >= 15 is 0 Å². The molecule has 5 N–H and O–H groups in total. The van der Waals surface area contributed by atoms with Crippen molar-refractivity contribution >= 4 is 40.2 Å². The number of hydrogen-bond donors (Lipinski definition) is 4. The van der Waals surface area contributed by atoms with Gasteiger partial charge in [0, 0.05) is 17.1 Å². The molecule has 0 saturated heterocycles. The highest BCUT2D eigenvalue weighted by Crippen LogP contribution is 2.29. The number of nitrogens with two attached hydrogens (primary N) is 1. The number of imidazole rings is 1. The summed E-state index contributed by atoms with van der Waals surface area (Å²) < 4.78 is 0. The summed E-state index contributed by atoms with van der Waals surface area (Å²) in [6.07, 6.45) is 1.73. The lowest BCUT2D eigenvalue weighted by Gasteiger charge is -2.03. The molecule has 24 heavy (non-hydrogen) atoms. The van der Waals surface area contributed by atoms with Gasteiger partial charge in [0.15, 0.2) is 0 Å². The van der Waals surface area contributed by atoms with Crippen molar-refractivity contribution in [3.63, 3.8) is 0 Å². The Balaban J connectivity index is 0.00000169. The average molecular weight is 344 g/mol. The van der Waals surface area contributed by atoms with Gasteiger partial charge in [-0.1, -0.05) is 13.0 Å². The summed E-state index contributed by atoms with van der Waals surface area (Å²) in [4.78, 5) is 12.4. The zero-order valence-corrected chi connectivity index (χ0v) is 13.9. The molecule has 3 heterocycles. The molecule has 7 nitrogen and oxygen atoms in total. The highest BCUT2D eigenvalue weighted by molar-refractivity contribution is 6.06. The fourth-order valence-corrected chi connectivity index (χ4v) is 2.72. The van der Waals surface area contributed by atoms with Gasteiger partial charge in [0.25, 0.3) is 0 Å². The van der Waals surface area contributed by atoms with Crippen LogP contribution < -0.4 is 11.1 Å². The number of benzene rings is 1. The molecule has 0 aliphatic heterocycles. The molecule has 0 bridgehead atoms. The number of hydrogen-bond acceptors (Lipinski definition) is 5. The Bertz CT molecular complexity index is 975. The number of aromatic nitrogens is 5. The van der Waals surface area contributed by atoms with E-state index in [-0.39, 0.29) is 12.4 Å². The molecule has 4 aromatic rings. The maximum atomic E-state index is 6.11. The molecule has 0 atom stereocenters. The first-order valence-electron chi connectivity index (χ1n) is 7.54. The summed E-state index contributed by atoms with van der Waals surface area (Å²) >= 11 is 0. The zero-order valence-electron chi connectivity index (χ0n) is 13.1. The number of anilines is 1. The van der Waals surface area contributed by atoms with Crippen LogP contribution in [0, 0.1) is 0 Å². The number of nitrogen functional groups attached to an aromatic ring is 1. The van der Waals surface area contributed by atoms with Crippen molar-refractivity contribution in [3.05, 3.63) is 36.3 Å². The Morgan fingerprint density at radius 1 is 1.21 bits per heavy atom. The number of fused-ring (bicyclic) bond motifs is 3. The van der Waals surface area contributed by atoms with E-state index in [1.165, 1.54) is 0 Å². The molecule has 0 saturated carbocycles. The van der Waals surface area contributed by atoms with Gasteiger partial charge in [0.1, 0.15) is 22.7 Å². The summed E-state index contributed by atoms with van der Waals surface area (Å²) in [5.41, 5.74) is 10.5. The lowest BCUT2D eigenvalue weighted by molar-refractivity contribution is 0.700. The van der Waals surface area contributed by atoms with Gasteiger partial charge < -0.3 is 16.0 Å². The molecule has 0 amide bonds. The molecule has 124 valence electrons. The smallest absolute Gasteiger partial charge is 0.150 e. The molecule has 0 unspecified atom stereocenters. The largest absolute Gasteiger partial charge is 0.382 e. The van der Waals surface area contributed by atoms with Crippen LogP contribution in [-0.4, -0.2) is 31.7 Å². The van der Waals surface area contributed by atoms with Gasteiger partial charge >= 0.3 is 0 Å². The molecule has 0 radical (unpaired) electrons. The fourth-order valence-electron chi connectivity index (χ4n) is 2.72. The highest BCUT2D eigenvalue weighted by Gasteiger charge is 2.12. The Labute approximate surface area is 144 Å². The van der Waals surface area contributed by atoms with E-state index in [0.29, 0.717) is 12.4 Å². The van der Waals surface area contributed by atoms with Crippen LogP contribution in [0.1, 0.15) is 12.7 Å². The van der Waals surface area contributed by atoms with E-state index < -0.39 is 0 Å². The Morgan fingerprint density at radius 2 is 2.08 bits per heavy atom. The summed E-state index contributed by atoms with van der Waals surface area (Å²) in [5.74, 6) is 1.32. The first-order valence-corrected chi connectivity index (χ1v) is 7.54. The van der Waals surface area contributed by atoms with Gasteiger partial charge in [-0.3, -0.25) is 5.10 Å². The summed E-state index contributed by atoms with van der Waals surface area (Å²) in [7, 11) is 0. The van der Waals surface area contributed by atoms with Gasteiger partial charge in [-0.2, -0.15) is 5.10 Å². The van der Waals surface area contributed by atoms with Crippen LogP contribution in [0.15, 0.2) is 30.5 Å². The Kier molecular flexibility index (Phi) is 4.37. The lowest BCUT2D eigenvalue weighted by Crippen LogP contribution is -2.12. The molecular formula is C16H18ClN7. The molecular weight excluding hydrogens is 326 g/mol. The minimum atomic E-state index is 0. The van der Waals surface area contributed by atoms with Crippen molar-refractivity contribution in [2.45, 2.75) is 13.5 Å². The zero-order chi connectivity index (χ0) is 15.8. The second kappa shape index (κ2) is 6.46. The van der Waals surface area contributed by atoms with E-state index in [1.54, 1.807) is 6.20 Å². The van der Waals surface area contributed by atoms with Crippen LogP contribution in [0.25, 0.3) is 33.2 Å². The van der Waals surface area contributed by atoms with E-state index in [1.807, 2.05) is 24.3 Å². The summed E-state index contributed by atoms with van der Waals surface area (Å²) in [6, 6.07) is 7.98. The third-order valence-corrected chi connectivity index (χ3v) is 3.86. The summed E-state index contributed by atoms with van der Waals surface area (Å²) in [6.45, 7) is 3.63. The number of aromatic amines is 2. The second-order valence-electron chi connectivity index (χ2n) is 5.39. The third kappa shape index (κ3) is 2.68. The van der Waals surface area contributed by atoms with Gasteiger partial charge in [-0.25, -0.2) is 9.97 Å². The molecule has 1 aromatic carbocycles. The third-order valence-electron chi connectivity index (χ3n) is 3.86. The first kappa shape index (κ1) is 16.2. The molecule has 3 aromatic heterocycles. The highest BCUT2D eigenvalue weighted by atomic mass is 35.5. The van der Waals surface area contributed by atoms with Crippen molar-refractivity contribution in [1.82, 2.24) is 30.5 Å². The van der Waals surface area contributed by atoms with Crippen molar-refractivity contribution in [2.75, 3.05) is 12.3 Å². The first-order chi connectivity index (χ1) is 11.3. The second-order valence-corrected chi connectivity index (χ2v) is 5.39. The van der Waals surface area contributed by atoms with Crippen LogP contribution >= 0.6 is 12.4 Å². The summed E-state index contributed by atoms with van der Waals surface area (Å²) in [5, 5.41) is 11.2. The number of pyridine rings is 1. The quantitative estimate of drug-likeness (QED) is 0.455. The molecule has 0 spiro atoms. The van der Waals surface area contributed by atoms with Gasteiger partial charge in [-0.15, -0.1) is 12.4 Å². The average Bonchev–Trinajstić information content (AvgIpc) is 3.22. The number of nitrogens with zero attached hydrogens (tertiary/aromatic N) is 3. The van der Waals surface area contributed by atoms with Crippen LogP contribution in [0.3, 0.4) is 0 Å². The van der Waals surface area contributed by atoms with Crippen molar-refractivity contribution in [3.8, 4) is 11.3 Å². The van der Waals surface area contributed by atoms with Crippen molar-refractivity contribution < 1.29 is 0 Å². The minimum Gasteiger partial charge on any atom is -0.382 e. The molecule has 0 fully saturated rings. The maximum Gasteiger partial charge on any atom is 0.150 e. The molecule has 0 aliphatic rings. The van der Waals surface area contributed by atoms with E-state index in [9.17, 15) is 0 Å². The molecule has 8 heteroatoms. The van der Waals surface area contributed by atoms with E-state index in [2.05, 4.69) is 37.4 Å². The lowest BCUT2D eigenvalue weighted by atomic mass is 10.1. The van der Waals surface area contributed by atoms with Crippen molar-refractivity contribution in [2.24, 2.45) is 0 Å². The standard InChI is InChI=1S/C16H17N7.ClH/c1-2-18-8-13-21-14-10-4-3-9(11-5-6-19-23-11)7-12(10)20-16(17)15(14)22-13;/h3-7,18H,2,8H2,1H3,(H2,17,20)(H,19,23)(H,21,22);1H. The topological polar surface area (TPSA) is 108 Å². The Hall–Kier alpha value is -2.64. The normalized spacial score (nSPS) is 11.0. The number of halogens is 1. The number of nitrogens with one attached hydrogen (secondary N) is 3. The van der Waals surface area contributed by atoms with Crippen molar-refractivity contribution in [1.29, 1.82) is 0 Å². The fraction of sp³-hybridized carbons (Fsp3) is 0.188. The van der Waals surface area contributed by atoms with Crippen LogP contribution in [0.5, 0.6) is 0 Å². The predicted octanol–water partition coefficient (Wildman–Crippen LogP) is 2.61. The van der Waals surface area contributed by atoms with Gasteiger partial charge in [0.05, 0.1) is 17.8 Å². The SMILES string of the molecule is CCNCc1nc2c([nH]1)c(N)nc1cc(-c3ccn[nH]3)ccc12.Cl. The van der Waals surface area contributed by atoms with Crippen LogP contribution in [0.4, 0.5) is 5.82 Å². The Morgan fingerprint density at radius 3 is 2.83 bits per heavy atom. The van der Waals surface area contributed by atoms with E-state index in [0.717, 1.165) is 45.6 Å². The number of H-pyrrole nitrogens is 2. The number of rotatable bonds is 4. The monoisotopic (exact) mass is 343 g/mol. The molecule has 4 rings (SSSR count). The molecule has 0 aliphatic carbocycles. The van der Waals surface area contributed by atoms with E-state index in [4.69, 9.17) is 5.73 Å². The maximum absolute atomic E-state index is 6.11. The van der Waals surface area contributed by atoms with Crippen LogP contribution in [-0.2, 0) is 6.54 Å². The minimum absolute atomic E-state index is 0. The van der Waals surface area contributed by atoms with Gasteiger partial charge in [-0.05, 0) is 24.7 Å². The van der Waals surface area contributed by atoms with Crippen LogP contribution in [0.2, 0.25) is 0 Å². The predicted molar refractivity (Wildman–Crippen MR) is 98.0 cm³/mol. The van der Waals surface area contributed by atoms with Gasteiger partial charge in [0.2, 0.25) is 0 Å².